The zero-order valence-electron chi connectivity index (χ0n) is 12.7. The topological polar surface area (TPSA) is 71.3 Å². The monoisotopic (exact) mass is 300 g/mol. The number of nitrogens with zero attached hydrogens (tertiary/aromatic N) is 3. The Kier molecular flexibility index (Phi) is 4.48. The van der Waals surface area contributed by atoms with Gasteiger partial charge in [-0.3, -0.25) is 9.69 Å². The van der Waals surface area contributed by atoms with Crippen molar-refractivity contribution >= 4 is 5.91 Å². The number of aromatic nitrogens is 2. The van der Waals surface area contributed by atoms with Gasteiger partial charge in [0.2, 0.25) is 11.8 Å². The Morgan fingerprint density at radius 1 is 1.36 bits per heavy atom. The number of carbonyl (C=O) groups is 1. The van der Waals surface area contributed by atoms with E-state index in [0.29, 0.717) is 37.3 Å². The number of carbonyl (C=O) groups excluding carboxylic acids is 1. The highest BCUT2D eigenvalue weighted by Gasteiger charge is 2.23. The van der Waals surface area contributed by atoms with Crippen LogP contribution in [-0.4, -0.2) is 40.6 Å². The number of amides is 1. The molecule has 1 fully saturated rings. The predicted molar refractivity (Wildman–Crippen MR) is 81.0 cm³/mol. The quantitative estimate of drug-likeness (QED) is 0.836. The fourth-order valence-electron chi connectivity index (χ4n) is 2.24. The molecule has 116 valence electrons. The molecular formula is C16H20N4O2. The van der Waals surface area contributed by atoms with E-state index in [-0.39, 0.29) is 5.91 Å². The Morgan fingerprint density at radius 2 is 2.14 bits per heavy atom. The molecule has 0 spiro atoms. The van der Waals surface area contributed by atoms with Crippen molar-refractivity contribution in [2.45, 2.75) is 31.8 Å². The van der Waals surface area contributed by atoms with Crippen molar-refractivity contribution in [3.63, 3.8) is 0 Å². The van der Waals surface area contributed by atoms with Crippen LogP contribution >= 0.6 is 0 Å². The van der Waals surface area contributed by atoms with Gasteiger partial charge in [0, 0.05) is 12.5 Å². The van der Waals surface area contributed by atoms with Crippen LogP contribution in [-0.2, 0) is 17.8 Å². The first kappa shape index (κ1) is 14.7. The summed E-state index contributed by atoms with van der Waals surface area (Å²) in [5.74, 6) is 1.25. The lowest BCUT2D eigenvalue weighted by molar-refractivity contribution is -0.122. The van der Waals surface area contributed by atoms with Gasteiger partial charge in [-0.05, 0) is 25.5 Å². The molecule has 1 heterocycles. The number of hydrogen-bond acceptors (Lipinski definition) is 5. The molecule has 0 saturated heterocycles. The van der Waals surface area contributed by atoms with Gasteiger partial charge in [-0.25, -0.2) is 0 Å². The molecule has 2 aromatic rings. The predicted octanol–water partition coefficient (Wildman–Crippen LogP) is 1.37. The second kappa shape index (κ2) is 6.70. The van der Waals surface area contributed by atoms with E-state index >= 15 is 0 Å². The average Bonchev–Trinajstić information content (AvgIpc) is 3.19. The van der Waals surface area contributed by atoms with Crippen LogP contribution in [0.3, 0.4) is 0 Å². The summed E-state index contributed by atoms with van der Waals surface area (Å²) in [5, 5.41) is 6.95. The number of nitrogens with one attached hydrogen (secondary N) is 1. The van der Waals surface area contributed by atoms with Crippen LogP contribution in [0.25, 0.3) is 0 Å². The molecule has 1 aromatic carbocycles. The molecule has 1 aliphatic carbocycles. The lowest BCUT2D eigenvalue weighted by Crippen LogP contribution is -2.36. The highest BCUT2D eigenvalue weighted by molar-refractivity contribution is 5.78. The summed E-state index contributed by atoms with van der Waals surface area (Å²) in [6, 6.07) is 10.4. The van der Waals surface area contributed by atoms with Crippen LogP contribution in [0.4, 0.5) is 0 Å². The van der Waals surface area contributed by atoms with Gasteiger partial charge < -0.3 is 9.84 Å². The molecule has 22 heavy (non-hydrogen) atoms. The van der Waals surface area contributed by atoms with Gasteiger partial charge in [0.25, 0.3) is 0 Å². The van der Waals surface area contributed by atoms with E-state index in [1.165, 1.54) is 0 Å². The largest absolute Gasteiger partial charge is 0.352 e. The summed E-state index contributed by atoms with van der Waals surface area (Å²) in [5.41, 5.74) is 1.15. The normalized spacial score (nSPS) is 14.3. The lowest BCUT2D eigenvalue weighted by atomic mass is 10.1. The smallest absolute Gasteiger partial charge is 0.240 e. The van der Waals surface area contributed by atoms with Gasteiger partial charge in [0.15, 0.2) is 5.82 Å². The van der Waals surface area contributed by atoms with Crippen LogP contribution in [0.5, 0.6) is 0 Å². The summed E-state index contributed by atoms with van der Waals surface area (Å²) in [6.07, 6.45) is 2.85. The summed E-state index contributed by atoms with van der Waals surface area (Å²) in [6.45, 7) is 0.812. The molecule has 0 radical (unpaired) electrons. The van der Waals surface area contributed by atoms with Crippen molar-refractivity contribution in [2.75, 3.05) is 13.6 Å². The zero-order valence-corrected chi connectivity index (χ0v) is 12.7. The molecule has 1 saturated carbocycles. The Morgan fingerprint density at radius 3 is 2.86 bits per heavy atom. The standard InChI is InChI=1S/C16H20N4O2/c1-20(10-15(21)17-13-7-8-13)11-16-18-14(19-22-16)9-12-5-3-2-4-6-12/h2-6,13H,7-11H2,1H3,(H,17,21). The maximum Gasteiger partial charge on any atom is 0.240 e. The second-order valence-corrected chi connectivity index (χ2v) is 5.78. The average molecular weight is 300 g/mol. The summed E-state index contributed by atoms with van der Waals surface area (Å²) in [7, 11) is 1.87. The summed E-state index contributed by atoms with van der Waals surface area (Å²) in [4.78, 5) is 18.0. The van der Waals surface area contributed by atoms with E-state index in [1.54, 1.807) is 0 Å². The fourth-order valence-corrected chi connectivity index (χ4v) is 2.24. The Labute approximate surface area is 129 Å². The molecule has 0 aliphatic heterocycles. The van der Waals surface area contributed by atoms with Crippen LogP contribution in [0, 0.1) is 0 Å². The molecular weight excluding hydrogens is 280 g/mol. The van der Waals surface area contributed by atoms with Gasteiger partial charge in [0.05, 0.1) is 13.1 Å². The maximum absolute atomic E-state index is 11.7. The third-order valence-corrected chi connectivity index (χ3v) is 3.48. The third kappa shape index (κ3) is 4.39. The third-order valence-electron chi connectivity index (χ3n) is 3.48. The van der Waals surface area contributed by atoms with Crippen LogP contribution in [0.15, 0.2) is 34.9 Å². The van der Waals surface area contributed by atoms with Gasteiger partial charge in [-0.1, -0.05) is 35.5 Å². The highest BCUT2D eigenvalue weighted by atomic mass is 16.5. The molecule has 0 atom stereocenters. The highest BCUT2D eigenvalue weighted by Crippen LogP contribution is 2.18. The van der Waals surface area contributed by atoms with Crippen molar-refractivity contribution in [3.05, 3.63) is 47.6 Å². The van der Waals surface area contributed by atoms with Crippen LogP contribution in [0.2, 0.25) is 0 Å². The Bertz CT molecular complexity index is 622. The Hall–Kier alpha value is -2.21. The van der Waals surface area contributed by atoms with Crippen LogP contribution < -0.4 is 5.32 Å². The first-order chi connectivity index (χ1) is 10.7. The minimum Gasteiger partial charge on any atom is -0.352 e. The number of benzene rings is 1. The van der Waals surface area contributed by atoms with Crippen molar-refractivity contribution in [2.24, 2.45) is 0 Å². The lowest BCUT2D eigenvalue weighted by Gasteiger charge is -2.13. The molecule has 0 bridgehead atoms. The van der Waals surface area contributed by atoms with Gasteiger partial charge in [-0.2, -0.15) is 4.98 Å². The van der Waals surface area contributed by atoms with Gasteiger partial charge in [-0.15, -0.1) is 0 Å². The van der Waals surface area contributed by atoms with E-state index in [4.69, 9.17) is 4.52 Å². The van der Waals surface area contributed by atoms with E-state index in [9.17, 15) is 4.79 Å². The van der Waals surface area contributed by atoms with E-state index in [1.807, 2.05) is 42.3 Å². The maximum atomic E-state index is 11.7. The molecule has 1 aromatic heterocycles. The van der Waals surface area contributed by atoms with Crippen LogP contribution in [0.1, 0.15) is 30.1 Å². The van der Waals surface area contributed by atoms with Gasteiger partial charge >= 0.3 is 0 Å². The fraction of sp³-hybridized carbons (Fsp3) is 0.438. The summed E-state index contributed by atoms with van der Waals surface area (Å²) < 4.78 is 5.25. The van der Waals surface area contributed by atoms with E-state index in [0.717, 1.165) is 18.4 Å². The Balaban J connectivity index is 1.49. The molecule has 1 amide bonds. The van der Waals surface area contributed by atoms with E-state index < -0.39 is 0 Å². The molecule has 1 aliphatic rings. The van der Waals surface area contributed by atoms with Crippen molar-refractivity contribution in [1.82, 2.24) is 20.4 Å². The molecule has 3 rings (SSSR count). The minimum atomic E-state index is 0.0500. The van der Waals surface area contributed by atoms with E-state index in [2.05, 4.69) is 15.5 Å². The van der Waals surface area contributed by atoms with Crippen molar-refractivity contribution in [3.8, 4) is 0 Å². The number of hydrogen-bond donors (Lipinski definition) is 1. The van der Waals surface area contributed by atoms with Gasteiger partial charge in [0.1, 0.15) is 0 Å². The molecule has 1 N–H and O–H groups in total. The molecule has 0 unspecified atom stereocenters. The number of rotatable bonds is 7. The SMILES string of the molecule is CN(CC(=O)NC1CC1)Cc1nc(Cc2ccccc2)no1. The second-order valence-electron chi connectivity index (χ2n) is 5.78. The van der Waals surface area contributed by atoms with Crippen molar-refractivity contribution in [1.29, 1.82) is 0 Å². The number of likely N-dealkylation sites (N-methyl/N-ethyl adjacent to an activating group) is 1. The minimum absolute atomic E-state index is 0.0500. The first-order valence-corrected chi connectivity index (χ1v) is 7.52. The molecule has 6 nitrogen and oxygen atoms in total. The van der Waals surface area contributed by atoms with Crippen molar-refractivity contribution < 1.29 is 9.32 Å². The molecule has 6 heteroatoms. The first-order valence-electron chi connectivity index (χ1n) is 7.52. The zero-order chi connectivity index (χ0) is 15.4. The summed E-state index contributed by atoms with van der Waals surface area (Å²) >= 11 is 0.